The third-order valence-corrected chi connectivity index (χ3v) is 3.60. The standard InChI is InChI=1S/C16H16N6OS/c1-23-10-13-18-14(11-6-4-3-5-7-11)22-15(20-13)19-12-8-9-17-16(21-12)24-2/h3-9H,10H2,1-2H3,(H,17,18,19,20,21,22). The lowest BCUT2D eigenvalue weighted by atomic mass is 10.2. The molecule has 2 heterocycles. The zero-order valence-corrected chi connectivity index (χ0v) is 14.1. The Morgan fingerprint density at radius 2 is 1.88 bits per heavy atom. The van der Waals surface area contributed by atoms with Gasteiger partial charge < -0.3 is 10.1 Å². The monoisotopic (exact) mass is 340 g/mol. The van der Waals surface area contributed by atoms with Crippen LogP contribution in [0.15, 0.2) is 47.8 Å². The molecule has 0 radical (unpaired) electrons. The van der Waals surface area contributed by atoms with Gasteiger partial charge in [0, 0.05) is 18.9 Å². The number of hydrogen-bond donors (Lipinski definition) is 1. The van der Waals surface area contributed by atoms with Crippen LogP contribution in [0.4, 0.5) is 11.8 Å². The van der Waals surface area contributed by atoms with Crippen LogP contribution in [-0.2, 0) is 11.3 Å². The lowest BCUT2D eigenvalue weighted by Gasteiger charge is -2.08. The Bertz CT molecular complexity index is 815. The van der Waals surface area contributed by atoms with Crippen molar-refractivity contribution >= 4 is 23.5 Å². The molecule has 24 heavy (non-hydrogen) atoms. The fourth-order valence-corrected chi connectivity index (χ4v) is 2.36. The first kappa shape index (κ1) is 16.3. The van der Waals surface area contributed by atoms with Crippen LogP contribution in [-0.4, -0.2) is 38.3 Å². The zero-order chi connectivity index (χ0) is 16.8. The van der Waals surface area contributed by atoms with E-state index in [9.17, 15) is 0 Å². The molecule has 2 aromatic heterocycles. The SMILES string of the molecule is COCc1nc(Nc2ccnc(SC)n2)nc(-c2ccccc2)n1. The summed E-state index contributed by atoms with van der Waals surface area (Å²) >= 11 is 1.47. The minimum atomic E-state index is 0.302. The Balaban J connectivity index is 1.95. The second kappa shape index (κ2) is 7.80. The van der Waals surface area contributed by atoms with Crippen LogP contribution < -0.4 is 5.32 Å². The largest absolute Gasteiger partial charge is 0.377 e. The third-order valence-electron chi connectivity index (χ3n) is 3.04. The maximum Gasteiger partial charge on any atom is 0.232 e. The Morgan fingerprint density at radius 3 is 2.62 bits per heavy atom. The number of rotatable bonds is 6. The summed E-state index contributed by atoms with van der Waals surface area (Å²) in [7, 11) is 1.61. The average Bonchev–Trinajstić information content (AvgIpc) is 2.63. The first-order valence-electron chi connectivity index (χ1n) is 7.22. The van der Waals surface area contributed by atoms with Gasteiger partial charge in [-0.3, -0.25) is 0 Å². The van der Waals surface area contributed by atoms with Crippen LogP contribution >= 0.6 is 11.8 Å². The van der Waals surface area contributed by atoms with Gasteiger partial charge in [-0.25, -0.2) is 15.0 Å². The summed E-state index contributed by atoms with van der Waals surface area (Å²) in [4.78, 5) is 21.8. The molecule has 0 aliphatic heterocycles. The fourth-order valence-electron chi connectivity index (χ4n) is 2.01. The van der Waals surface area contributed by atoms with Gasteiger partial charge in [-0.15, -0.1) is 0 Å². The minimum Gasteiger partial charge on any atom is -0.377 e. The minimum absolute atomic E-state index is 0.302. The lowest BCUT2D eigenvalue weighted by molar-refractivity contribution is 0.178. The van der Waals surface area contributed by atoms with E-state index in [1.165, 1.54) is 11.8 Å². The van der Waals surface area contributed by atoms with Crippen molar-refractivity contribution in [3.8, 4) is 11.4 Å². The molecule has 0 amide bonds. The molecule has 3 aromatic rings. The van der Waals surface area contributed by atoms with Crippen LogP contribution in [0.5, 0.6) is 0 Å². The van der Waals surface area contributed by atoms with E-state index >= 15 is 0 Å². The van der Waals surface area contributed by atoms with Crippen molar-refractivity contribution in [3.63, 3.8) is 0 Å². The van der Waals surface area contributed by atoms with Crippen LogP contribution in [0.3, 0.4) is 0 Å². The molecule has 0 aliphatic rings. The average molecular weight is 340 g/mol. The molecule has 7 nitrogen and oxygen atoms in total. The van der Waals surface area contributed by atoms with Gasteiger partial charge in [0.1, 0.15) is 12.4 Å². The van der Waals surface area contributed by atoms with Gasteiger partial charge >= 0.3 is 0 Å². The summed E-state index contributed by atoms with van der Waals surface area (Å²) in [5, 5.41) is 3.78. The molecule has 0 aliphatic carbocycles. The normalized spacial score (nSPS) is 10.6. The number of nitrogens with zero attached hydrogens (tertiary/aromatic N) is 5. The third kappa shape index (κ3) is 4.03. The summed E-state index contributed by atoms with van der Waals surface area (Å²) < 4.78 is 5.15. The molecule has 0 fully saturated rings. The number of methoxy groups -OCH3 is 1. The van der Waals surface area contributed by atoms with E-state index in [1.54, 1.807) is 19.4 Å². The number of benzene rings is 1. The molecule has 8 heteroatoms. The van der Waals surface area contributed by atoms with E-state index in [1.807, 2.05) is 36.6 Å². The highest BCUT2D eigenvalue weighted by Crippen LogP contribution is 2.18. The summed E-state index contributed by atoms with van der Waals surface area (Å²) in [6, 6.07) is 11.5. The Morgan fingerprint density at radius 1 is 1.04 bits per heavy atom. The first-order valence-corrected chi connectivity index (χ1v) is 8.44. The fraction of sp³-hybridized carbons (Fsp3) is 0.188. The zero-order valence-electron chi connectivity index (χ0n) is 13.3. The molecule has 122 valence electrons. The first-order chi connectivity index (χ1) is 11.8. The Hall–Kier alpha value is -2.58. The molecule has 0 atom stereocenters. The highest BCUT2D eigenvalue weighted by atomic mass is 32.2. The van der Waals surface area contributed by atoms with Gasteiger partial charge in [-0.2, -0.15) is 9.97 Å². The lowest BCUT2D eigenvalue weighted by Crippen LogP contribution is -2.07. The molecule has 1 aromatic carbocycles. The van der Waals surface area contributed by atoms with Gasteiger partial charge in [0.15, 0.2) is 16.8 Å². The highest BCUT2D eigenvalue weighted by Gasteiger charge is 2.09. The maximum atomic E-state index is 5.15. The maximum absolute atomic E-state index is 5.15. The summed E-state index contributed by atoms with van der Waals surface area (Å²) in [6.07, 6.45) is 3.61. The number of thioether (sulfide) groups is 1. The van der Waals surface area contributed by atoms with E-state index in [0.717, 1.165) is 5.56 Å². The number of hydrogen-bond acceptors (Lipinski definition) is 8. The Labute approximate surface area is 144 Å². The van der Waals surface area contributed by atoms with Gasteiger partial charge in [-0.1, -0.05) is 42.1 Å². The van der Waals surface area contributed by atoms with E-state index in [-0.39, 0.29) is 0 Å². The molecular weight excluding hydrogens is 324 g/mol. The van der Waals surface area contributed by atoms with Crippen LogP contribution in [0, 0.1) is 0 Å². The van der Waals surface area contributed by atoms with E-state index < -0.39 is 0 Å². The van der Waals surface area contributed by atoms with Gasteiger partial charge in [-0.05, 0) is 12.3 Å². The predicted octanol–water partition coefficient (Wildman–Crippen LogP) is 2.94. The van der Waals surface area contributed by atoms with Crippen LogP contribution in [0.2, 0.25) is 0 Å². The van der Waals surface area contributed by atoms with Gasteiger partial charge in [0.2, 0.25) is 5.95 Å². The number of nitrogens with one attached hydrogen (secondary N) is 1. The molecule has 0 bridgehead atoms. The smallest absolute Gasteiger partial charge is 0.232 e. The topological polar surface area (TPSA) is 85.7 Å². The van der Waals surface area contributed by atoms with Crippen LogP contribution in [0.1, 0.15) is 5.82 Å². The molecule has 1 N–H and O–H groups in total. The molecule has 0 saturated heterocycles. The molecule has 0 spiro atoms. The van der Waals surface area contributed by atoms with Crippen molar-refractivity contribution in [1.29, 1.82) is 0 Å². The Kier molecular flexibility index (Phi) is 5.29. The second-order valence-corrected chi connectivity index (χ2v) is 5.52. The van der Waals surface area contributed by atoms with Crippen LogP contribution in [0.25, 0.3) is 11.4 Å². The van der Waals surface area contributed by atoms with Crippen molar-refractivity contribution in [2.45, 2.75) is 11.8 Å². The quantitative estimate of drug-likeness (QED) is 0.541. The predicted molar refractivity (Wildman–Crippen MR) is 93.1 cm³/mol. The molecule has 3 rings (SSSR count). The molecular formula is C16H16N6OS. The van der Waals surface area contributed by atoms with Crippen molar-refractivity contribution in [2.24, 2.45) is 0 Å². The van der Waals surface area contributed by atoms with E-state index in [0.29, 0.717) is 35.2 Å². The number of aromatic nitrogens is 5. The second-order valence-electron chi connectivity index (χ2n) is 4.75. The van der Waals surface area contributed by atoms with E-state index in [4.69, 9.17) is 4.74 Å². The van der Waals surface area contributed by atoms with Crippen molar-refractivity contribution < 1.29 is 4.74 Å². The number of anilines is 2. The summed E-state index contributed by atoms with van der Waals surface area (Å²) in [5.74, 6) is 2.18. The molecule has 0 saturated carbocycles. The van der Waals surface area contributed by atoms with Crippen molar-refractivity contribution in [3.05, 3.63) is 48.4 Å². The molecule has 0 unspecified atom stereocenters. The van der Waals surface area contributed by atoms with Crippen molar-refractivity contribution in [2.75, 3.05) is 18.7 Å². The van der Waals surface area contributed by atoms with Crippen molar-refractivity contribution in [1.82, 2.24) is 24.9 Å². The highest BCUT2D eigenvalue weighted by molar-refractivity contribution is 7.98. The van der Waals surface area contributed by atoms with E-state index in [2.05, 4.69) is 30.2 Å². The number of ether oxygens (including phenoxy) is 1. The summed E-state index contributed by atoms with van der Waals surface area (Å²) in [5.41, 5.74) is 0.910. The summed E-state index contributed by atoms with van der Waals surface area (Å²) in [6.45, 7) is 0.302. The van der Waals surface area contributed by atoms with Gasteiger partial charge in [0.25, 0.3) is 0 Å². The van der Waals surface area contributed by atoms with Gasteiger partial charge in [0.05, 0.1) is 0 Å².